The van der Waals surface area contributed by atoms with Crippen LogP contribution in [0.4, 0.5) is 18.9 Å². The number of carbonyl (C=O) groups excluding carboxylic acids is 1. The fraction of sp³-hybridized carbons (Fsp3) is 0.238. The van der Waals surface area contributed by atoms with Gasteiger partial charge in [-0.2, -0.15) is 18.3 Å². The zero-order valence-corrected chi connectivity index (χ0v) is 18.0. The molecule has 7 nitrogen and oxygen atoms in total. The predicted molar refractivity (Wildman–Crippen MR) is 116 cm³/mol. The molecule has 1 amide bonds. The maximum Gasteiger partial charge on any atom is 0.416 e. The van der Waals surface area contributed by atoms with E-state index in [9.17, 15) is 18.0 Å². The predicted octanol–water partition coefficient (Wildman–Crippen LogP) is 4.53. The number of hydrogen-bond acceptors (Lipinski definition) is 6. The molecular weight excluding hydrogens is 441 g/mol. The molecule has 0 spiro atoms. The highest BCUT2D eigenvalue weighted by atomic mass is 32.1. The Morgan fingerprint density at radius 2 is 2.03 bits per heavy atom. The Kier molecular flexibility index (Phi) is 5.94. The van der Waals surface area contributed by atoms with Crippen molar-refractivity contribution < 1.29 is 18.0 Å². The van der Waals surface area contributed by atoms with E-state index in [0.29, 0.717) is 0 Å². The lowest BCUT2D eigenvalue weighted by Gasteiger charge is -2.22. The van der Waals surface area contributed by atoms with Crippen LogP contribution in [-0.4, -0.2) is 44.1 Å². The second-order valence-corrected chi connectivity index (χ2v) is 8.29. The van der Waals surface area contributed by atoms with E-state index in [1.54, 1.807) is 23.3 Å². The van der Waals surface area contributed by atoms with Crippen LogP contribution < -0.4 is 5.32 Å². The van der Waals surface area contributed by atoms with E-state index in [2.05, 4.69) is 20.4 Å². The maximum atomic E-state index is 13.2. The summed E-state index contributed by atoms with van der Waals surface area (Å²) in [6.45, 7) is 1.89. The summed E-state index contributed by atoms with van der Waals surface area (Å²) >= 11 is 1.54. The molecule has 0 fully saturated rings. The number of likely N-dealkylation sites (N-methyl/N-ethyl adjacent to an activating group) is 1. The SMILES string of the molecule is CC(c1nc2ccccc2s1)N(C)CC(=O)Nc1cc(C(F)(F)F)ccc1-n1cncn1. The van der Waals surface area contributed by atoms with Gasteiger partial charge in [-0.1, -0.05) is 12.1 Å². The number of carbonyl (C=O) groups is 1. The Morgan fingerprint density at radius 3 is 2.72 bits per heavy atom. The van der Waals surface area contributed by atoms with Gasteiger partial charge in [-0.05, 0) is 44.3 Å². The first-order valence-corrected chi connectivity index (χ1v) is 10.5. The highest BCUT2D eigenvalue weighted by Gasteiger charge is 2.31. The first kappa shape index (κ1) is 21.9. The molecule has 1 unspecified atom stereocenters. The molecule has 4 aromatic rings. The molecule has 166 valence electrons. The summed E-state index contributed by atoms with van der Waals surface area (Å²) in [5.41, 5.74) is 0.300. The molecular formula is C21H19F3N6OS. The zero-order chi connectivity index (χ0) is 22.9. The molecule has 0 saturated carbocycles. The summed E-state index contributed by atoms with van der Waals surface area (Å²) in [6, 6.07) is 10.7. The van der Waals surface area contributed by atoms with Crippen LogP contribution in [0.3, 0.4) is 0 Å². The van der Waals surface area contributed by atoms with Crippen molar-refractivity contribution in [1.82, 2.24) is 24.6 Å². The van der Waals surface area contributed by atoms with E-state index in [1.165, 1.54) is 23.4 Å². The van der Waals surface area contributed by atoms with Crippen molar-refractivity contribution in [2.75, 3.05) is 18.9 Å². The lowest BCUT2D eigenvalue weighted by atomic mass is 10.1. The van der Waals surface area contributed by atoms with E-state index in [0.717, 1.165) is 27.4 Å². The number of aromatic nitrogens is 4. The van der Waals surface area contributed by atoms with Crippen LogP contribution in [0.5, 0.6) is 0 Å². The lowest BCUT2D eigenvalue weighted by Crippen LogP contribution is -2.32. The average Bonchev–Trinajstić information content (AvgIpc) is 3.42. The van der Waals surface area contributed by atoms with E-state index in [-0.39, 0.29) is 24.0 Å². The normalized spacial score (nSPS) is 12.9. The molecule has 0 radical (unpaired) electrons. The van der Waals surface area contributed by atoms with Crippen LogP contribution >= 0.6 is 11.3 Å². The number of thiazole rings is 1. The number of para-hydroxylation sites is 1. The van der Waals surface area contributed by atoms with E-state index < -0.39 is 17.6 Å². The minimum atomic E-state index is -4.54. The van der Waals surface area contributed by atoms with Crippen molar-refractivity contribution in [3.05, 3.63) is 65.7 Å². The van der Waals surface area contributed by atoms with Crippen LogP contribution in [0.25, 0.3) is 15.9 Å². The van der Waals surface area contributed by atoms with Gasteiger partial charge in [0.25, 0.3) is 0 Å². The number of benzene rings is 2. The number of fused-ring (bicyclic) bond motifs is 1. The van der Waals surface area contributed by atoms with Gasteiger partial charge in [-0.3, -0.25) is 9.69 Å². The molecule has 0 aliphatic rings. The average molecular weight is 460 g/mol. The summed E-state index contributed by atoms with van der Waals surface area (Å²) in [4.78, 5) is 22.9. The molecule has 1 atom stereocenters. The van der Waals surface area contributed by atoms with Crippen LogP contribution in [0.15, 0.2) is 55.1 Å². The van der Waals surface area contributed by atoms with Crippen LogP contribution in [-0.2, 0) is 11.0 Å². The Bertz CT molecular complexity index is 1210. The summed E-state index contributed by atoms with van der Waals surface area (Å²) in [5.74, 6) is -0.457. The minimum Gasteiger partial charge on any atom is -0.323 e. The molecule has 1 N–H and O–H groups in total. The number of nitrogens with zero attached hydrogens (tertiary/aromatic N) is 5. The molecule has 2 aromatic carbocycles. The molecule has 0 aliphatic carbocycles. The summed E-state index contributed by atoms with van der Waals surface area (Å²) in [5, 5.41) is 7.39. The van der Waals surface area contributed by atoms with Gasteiger partial charge in [0.15, 0.2) is 0 Å². The molecule has 0 bridgehead atoms. The van der Waals surface area contributed by atoms with Crippen molar-refractivity contribution in [3.8, 4) is 5.69 Å². The Labute approximate surface area is 185 Å². The summed E-state index contributed by atoms with van der Waals surface area (Å²) < 4.78 is 42.0. The highest BCUT2D eigenvalue weighted by molar-refractivity contribution is 7.18. The van der Waals surface area contributed by atoms with Gasteiger partial charge in [0, 0.05) is 0 Å². The van der Waals surface area contributed by atoms with Crippen molar-refractivity contribution >= 4 is 33.1 Å². The van der Waals surface area contributed by atoms with Gasteiger partial charge in [-0.25, -0.2) is 14.6 Å². The third-order valence-corrected chi connectivity index (χ3v) is 6.19. The van der Waals surface area contributed by atoms with Crippen LogP contribution in [0.1, 0.15) is 23.5 Å². The van der Waals surface area contributed by atoms with Gasteiger partial charge in [0.1, 0.15) is 17.7 Å². The summed E-state index contributed by atoms with van der Waals surface area (Å²) in [7, 11) is 1.76. The molecule has 2 heterocycles. The first-order valence-electron chi connectivity index (χ1n) is 9.64. The number of halogens is 3. The smallest absolute Gasteiger partial charge is 0.323 e. The quantitative estimate of drug-likeness (QED) is 0.458. The number of rotatable bonds is 6. The minimum absolute atomic E-state index is 0.00337. The fourth-order valence-corrected chi connectivity index (χ4v) is 4.24. The molecule has 4 rings (SSSR count). The standard InChI is InChI=1S/C21H19F3N6OS/c1-13(20-28-15-5-3-4-6-18(15)32-20)29(2)10-19(31)27-16-9-14(21(22,23)24)7-8-17(16)30-12-25-11-26-30/h3-9,11-13H,10H2,1-2H3,(H,27,31). The van der Waals surface area contributed by atoms with Crippen molar-refractivity contribution in [2.24, 2.45) is 0 Å². The van der Waals surface area contributed by atoms with Gasteiger partial charge < -0.3 is 5.32 Å². The zero-order valence-electron chi connectivity index (χ0n) is 17.2. The maximum absolute atomic E-state index is 13.2. The van der Waals surface area contributed by atoms with Crippen molar-refractivity contribution in [3.63, 3.8) is 0 Å². The van der Waals surface area contributed by atoms with Crippen LogP contribution in [0, 0.1) is 0 Å². The number of anilines is 1. The molecule has 2 aromatic heterocycles. The van der Waals surface area contributed by atoms with Gasteiger partial charge in [0.2, 0.25) is 5.91 Å². The van der Waals surface area contributed by atoms with E-state index in [1.807, 2.05) is 31.2 Å². The Hall–Kier alpha value is -3.31. The van der Waals surface area contributed by atoms with Crippen molar-refractivity contribution in [1.29, 1.82) is 0 Å². The number of alkyl halides is 3. The number of hydrogen-bond donors (Lipinski definition) is 1. The first-order chi connectivity index (χ1) is 15.2. The lowest BCUT2D eigenvalue weighted by molar-refractivity contribution is -0.137. The molecule has 11 heteroatoms. The second kappa shape index (κ2) is 8.67. The third kappa shape index (κ3) is 4.63. The monoisotopic (exact) mass is 460 g/mol. The second-order valence-electron chi connectivity index (χ2n) is 7.23. The molecule has 0 saturated heterocycles. The van der Waals surface area contributed by atoms with E-state index >= 15 is 0 Å². The topological polar surface area (TPSA) is 75.9 Å². The molecule has 32 heavy (non-hydrogen) atoms. The largest absolute Gasteiger partial charge is 0.416 e. The van der Waals surface area contributed by atoms with E-state index in [4.69, 9.17) is 0 Å². The van der Waals surface area contributed by atoms with Crippen molar-refractivity contribution in [2.45, 2.75) is 19.1 Å². The number of amides is 1. The van der Waals surface area contributed by atoms with Crippen LogP contribution in [0.2, 0.25) is 0 Å². The molecule has 0 aliphatic heterocycles. The highest BCUT2D eigenvalue weighted by Crippen LogP contribution is 2.33. The number of nitrogens with one attached hydrogen (secondary N) is 1. The van der Waals surface area contributed by atoms with Gasteiger partial charge in [0.05, 0.1) is 39.7 Å². The third-order valence-electron chi connectivity index (χ3n) is 4.99. The van der Waals surface area contributed by atoms with Gasteiger partial charge in [-0.15, -0.1) is 11.3 Å². The fourth-order valence-electron chi connectivity index (χ4n) is 3.16. The Balaban J connectivity index is 1.52. The van der Waals surface area contributed by atoms with Gasteiger partial charge >= 0.3 is 6.18 Å². The summed E-state index contributed by atoms with van der Waals surface area (Å²) in [6.07, 6.45) is -1.94. The Morgan fingerprint density at radius 1 is 1.25 bits per heavy atom.